The average Bonchev–Trinajstić information content (AvgIpc) is 3.11. The molecule has 0 saturated carbocycles. The summed E-state index contributed by atoms with van der Waals surface area (Å²) in [5.74, 6) is -0.800. The minimum Gasteiger partial charge on any atom is -0.347 e. The van der Waals surface area contributed by atoms with E-state index >= 15 is 0 Å². The van der Waals surface area contributed by atoms with E-state index in [4.69, 9.17) is 0 Å². The summed E-state index contributed by atoms with van der Waals surface area (Å²) < 4.78 is 2.17. The third kappa shape index (κ3) is 10.4. The van der Waals surface area contributed by atoms with E-state index in [9.17, 15) is 19.3 Å². The number of carbonyl (C=O) groups excluding carboxylic acids is 3. The van der Waals surface area contributed by atoms with E-state index in [2.05, 4.69) is 33.9 Å². The molecule has 34 heavy (non-hydrogen) atoms. The van der Waals surface area contributed by atoms with Crippen molar-refractivity contribution in [3.8, 4) is 0 Å². The first-order valence-electron chi connectivity index (χ1n) is 12.5. The Balaban J connectivity index is 2.80. The summed E-state index contributed by atoms with van der Waals surface area (Å²) in [5, 5.41) is 8.02. The highest BCUT2D eigenvalue weighted by molar-refractivity contribution is 5.88. The summed E-state index contributed by atoms with van der Waals surface area (Å²) in [7, 11) is 0. The summed E-state index contributed by atoms with van der Waals surface area (Å²) in [6.45, 7) is 10.3. The monoisotopic (exact) mass is 474 g/mol. The lowest BCUT2D eigenvalue weighted by atomic mass is 10.0. The number of aryl methyl sites for hydroxylation is 1. The van der Waals surface area contributed by atoms with Gasteiger partial charge >= 0.3 is 0 Å². The van der Waals surface area contributed by atoms with Crippen molar-refractivity contribution in [2.24, 2.45) is 5.18 Å². The summed E-state index contributed by atoms with van der Waals surface area (Å²) in [5.41, 5.74) is 2.98. The summed E-state index contributed by atoms with van der Waals surface area (Å²) in [4.78, 5) is 46.1. The van der Waals surface area contributed by atoms with Gasteiger partial charge in [-0.1, -0.05) is 63.6 Å². The molecular formula is C26H42N4O4. The van der Waals surface area contributed by atoms with Gasteiger partial charge < -0.3 is 20.0 Å². The lowest BCUT2D eigenvalue weighted by Crippen LogP contribution is -2.50. The van der Waals surface area contributed by atoms with Crippen molar-refractivity contribution in [2.45, 2.75) is 104 Å². The van der Waals surface area contributed by atoms with Crippen molar-refractivity contribution in [3.63, 3.8) is 0 Å². The predicted molar refractivity (Wildman–Crippen MR) is 136 cm³/mol. The SMILES string of the molecule is C=Cc1c(C)c(CC(NC(C)=O)C(=O)NC(C=O)CCN=O)cn1CCCCCCCCCC. The van der Waals surface area contributed by atoms with Gasteiger partial charge in [0.25, 0.3) is 0 Å². The molecule has 1 aromatic rings. The number of nitrogens with zero attached hydrogens (tertiary/aromatic N) is 2. The Kier molecular flexibility index (Phi) is 14.4. The molecular weight excluding hydrogens is 432 g/mol. The number of hydrogen-bond acceptors (Lipinski definition) is 5. The van der Waals surface area contributed by atoms with Crippen molar-refractivity contribution in [2.75, 3.05) is 6.54 Å². The molecule has 0 aliphatic rings. The Labute approximate surface area is 203 Å². The maximum atomic E-state index is 12.8. The van der Waals surface area contributed by atoms with Crippen LogP contribution in [0, 0.1) is 11.8 Å². The first-order chi connectivity index (χ1) is 16.4. The molecule has 0 saturated heterocycles. The fourth-order valence-electron chi connectivity index (χ4n) is 4.14. The highest BCUT2D eigenvalue weighted by Gasteiger charge is 2.24. The molecule has 1 rings (SSSR count). The van der Waals surface area contributed by atoms with Crippen molar-refractivity contribution in [1.29, 1.82) is 0 Å². The second kappa shape index (κ2) is 16.8. The van der Waals surface area contributed by atoms with Crippen LogP contribution in [-0.2, 0) is 27.3 Å². The zero-order valence-electron chi connectivity index (χ0n) is 21.1. The van der Waals surface area contributed by atoms with Gasteiger partial charge in [0, 0.05) is 31.8 Å². The van der Waals surface area contributed by atoms with Gasteiger partial charge in [0.05, 0.1) is 12.6 Å². The Morgan fingerprint density at radius 2 is 1.76 bits per heavy atom. The molecule has 0 aliphatic heterocycles. The van der Waals surface area contributed by atoms with Gasteiger partial charge in [-0.25, -0.2) is 0 Å². The maximum absolute atomic E-state index is 12.8. The van der Waals surface area contributed by atoms with Gasteiger partial charge in [0.2, 0.25) is 11.8 Å². The van der Waals surface area contributed by atoms with Gasteiger partial charge in [-0.3, -0.25) is 9.59 Å². The fourth-order valence-corrected chi connectivity index (χ4v) is 4.14. The second-order valence-electron chi connectivity index (χ2n) is 8.89. The number of carbonyl (C=O) groups is 3. The molecule has 2 N–H and O–H groups in total. The molecule has 1 aromatic heterocycles. The van der Waals surface area contributed by atoms with Gasteiger partial charge in [0.15, 0.2) is 0 Å². The van der Waals surface area contributed by atoms with Crippen molar-refractivity contribution >= 4 is 24.2 Å². The van der Waals surface area contributed by atoms with E-state index < -0.39 is 18.0 Å². The highest BCUT2D eigenvalue weighted by Crippen LogP contribution is 2.21. The molecule has 0 bridgehead atoms. The van der Waals surface area contributed by atoms with E-state index in [0.717, 1.165) is 29.8 Å². The molecule has 0 aliphatic carbocycles. The van der Waals surface area contributed by atoms with E-state index in [0.29, 0.717) is 12.7 Å². The molecule has 0 aromatic carbocycles. The van der Waals surface area contributed by atoms with Crippen LogP contribution in [0.3, 0.4) is 0 Å². The van der Waals surface area contributed by atoms with Crippen LogP contribution in [0.25, 0.3) is 6.08 Å². The number of nitroso groups, excluding NO2 is 1. The summed E-state index contributed by atoms with van der Waals surface area (Å²) >= 11 is 0. The van der Waals surface area contributed by atoms with E-state index in [1.807, 2.05) is 19.2 Å². The van der Waals surface area contributed by atoms with Crippen LogP contribution in [0.1, 0.15) is 88.5 Å². The Hall–Kier alpha value is -2.77. The zero-order valence-corrected chi connectivity index (χ0v) is 21.1. The number of unbranched alkanes of at least 4 members (excludes halogenated alkanes) is 7. The number of amides is 2. The number of rotatable bonds is 19. The van der Waals surface area contributed by atoms with Crippen LogP contribution < -0.4 is 10.6 Å². The Bertz CT molecular complexity index is 803. The Morgan fingerprint density at radius 3 is 2.32 bits per heavy atom. The summed E-state index contributed by atoms with van der Waals surface area (Å²) in [6.07, 6.45) is 14.8. The standard InChI is InChI=1S/C26H42N4O4/c1-5-7-8-9-10-11-12-13-16-30-18-22(20(3)25(30)6-2)17-24(28-21(4)32)26(33)29-23(19-31)14-15-27-34/h6,18-19,23-24H,2,5,7-17H2,1,3-4H3,(H,28,32)(H,29,33). The van der Waals surface area contributed by atoms with Crippen LogP contribution >= 0.6 is 0 Å². The van der Waals surface area contributed by atoms with E-state index in [1.165, 1.54) is 51.9 Å². The fraction of sp³-hybridized carbons (Fsp3) is 0.654. The number of nitrogens with one attached hydrogen (secondary N) is 2. The van der Waals surface area contributed by atoms with Crippen molar-refractivity contribution in [1.82, 2.24) is 15.2 Å². The van der Waals surface area contributed by atoms with Gasteiger partial charge in [-0.05, 0) is 37.0 Å². The molecule has 0 spiro atoms. The molecule has 1 heterocycles. The van der Waals surface area contributed by atoms with Crippen LogP contribution in [-0.4, -0.2) is 41.3 Å². The number of aromatic nitrogens is 1. The maximum Gasteiger partial charge on any atom is 0.243 e. The molecule has 2 atom stereocenters. The smallest absolute Gasteiger partial charge is 0.243 e. The molecule has 2 amide bonds. The van der Waals surface area contributed by atoms with Gasteiger partial charge in [0.1, 0.15) is 12.3 Å². The predicted octanol–water partition coefficient (Wildman–Crippen LogP) is 4.47. The minimum atomic E-state index is -0.834. The third-order valence-corrected chi connectivity index (χ3v) is 6.07. The number of aldehydes is 1. The quantitative estimate of drug-likeness (QED) is 0.175. The largest absolute Gasteiger partial charge is 0.347 e. The Morgan fingerprint density at radius 1 is 1.12 bits per heavy atom. The van der Waals surface area contributed by atoms with Crippen LogP contribution in [0.15, 0.2) is 18.0 Å². The minimum absolute atomic E-state index is 0.0715. The molecule has 0 fully saturated rings. The van der Waals surface area contributed by atoms with Gasteiger partial charge in [-0.2, -0.15) is 4.91 Å². The van der Waals surface area contributed by atoms with Crippen molar-refractivity contribution in [3.05, 3.63) is 34.5 Å². The van der Waals surface area contributed by atoms with Crippen LogP contribution in [0.2, 0.25) is 0 Å². The van der Waals surface area contributed by atoms with Crippen molar-refractivity contribution < 1.29 is 14.4 Å². The molecule has 8 heteroatoms. The van der Waals surface area contributed by atoms with Gasteiger partial charge in [-0.15, -0.1) is 0 Å². The van der Waals surface area contributed by atoms with E-state index in [1.54, 1.807) is 0 Å². The highest BCUT2D eigenvalue weighted by atomic mass is 16.3. The topological polar surface area (TPSA) is 110 Å². The lowest BCUT2D eigenvalue weighted by molar-refractivity contribution is -0.129. The summed E-state index contributed by atoms with van der Waals surface area (Å²) in [6, 6.07) is -1.66. The molecule has 190 valence electrons. The van der Waals surface area contributed by atoms with Crippen LogP contribution in [0.5, 0.6) is 0 Å². The molecule has 2 unspecified atom stereocenters. The second-order valence-corrected chi connectivity index (χ2v) is 8.89. The lowest BCUT2D eigenvalue weighted by Gasteiger charge is -2.20. The number of hydrogen-bond donors (Lipinski definition) is 2. The zero-order chi connectivity index (χ0) is 25.3. The van der Waals surface area contributed by atoms with Crippen LogP contribution in [0.4, 0.5) is 0 Å². The first-order valence-corrected chi connectivity index (χ1v) is 12.5. The molecule has 0 radical (unpaired) electrons. The first kappa shape index (κ1) is 29.3. The average molecular weight is 475 g/mol. The molecule has 8 nitrogen and oxygen atoms in total. The normalized spacial score (nSPS) is 12.6. The van der Waals surface area contributed by atoms with E-state index in [-0.39, 0.29) is 18.9 Å². The third-order valence-electron chi connectivity index (χ3n) is 6.07.